The van der Waals surface area contributed by atoms with Crippen LogP contribution >= 0.6 is 0 Å². The van der Waals surface area contributed by atoms with E-state index in [9.17, 15) is 0 Å². The normalized spacial score (nSPS) is 11.1. The minimum atomic E-state index is 0.428. The summed E-state index contributed by atoms with van der Waals surface area (Å²) in [6, 6.07) is 5.57. The molecule has 16 heavy (non-hydrogen) atoms. The Morgan fingerprint density at radius 1 is 1.44 bits per heavy atom. The summed E-state index contributed by atoms with van der Waals surface area (Å²) in [5, 5.41) is 0. The Morgan fingerprint density at radius 2 is 2.38 bits per heavy atom. The van der Waals surface area contributed by atoms with Crippen molar-refractivity contribution < 1.29 is 4.42 Å². The number of imidazole rings is 1. The van der Waals surface area contributed by atoms with Gasteiger partial charge in [0.1, 0.15) is 17.7 Å². The average Bonchev–Trinajstić information content (AvgIpc) is 2.96. The number of fused-ring (bicyclic) bond motifs is 1. The number of aromatic nitrogens is 3. The SMILES string of the molecule is NCc1cn2cnc(-c3ccco3)cc2n1. The van der Waals surface area contributed by atoms with E-state index in [1.165, 1.54) is 0 Å². The van der Waals surface area contributed by atoms with E-state index in [4.69, 9.17) is 10.2 Å². The molecular formula is C11H10N4O. The molecule has 0 radical (unpaired) electrons. The van der Waals surface area contributed by atoms with Gasteiger partial charge in [0.15, 0.2) is 5.76 Å². The van der Waals surface area contributed by atoms with Crippen molar-refractivity contribution in [1.82, 2.24) is 14.4 Å². The molecule has 0 bridgehead atoms. The largest absolute Gasteiger partial charge is 0.463 e. The molecule has 5 heteroatoms. The summed E-state index contributed by atoms with van der Waals surface area (Å²) in [7, 11) is 0. The molecule has 0 aromatic carbocycles. The van der Waals surface area contributed by atoms with Crippen molar-refractivity contribution in [2.75, 3.05) is 0 Å². The highest BCUT2D eigenvalue weighted by Gasteiger charge is 2.05. The van der Waals surface area contributed by atoms with Gasteiger partial charge in [-0.3, -0.25) is 4.40 Å². The van der Waals surface area contributed by atoms with Gasteiger partial charge in [0, 0.05) is 18.8 Å². The van der Waals surface area contributed by atoms with Crippen LogP contribution in [0.5, 0.6) is 0 Å². The summed E-state index contributed by atoms with van der Waals surface area (Å²) in [6.07, 6.45) is 5.20. The second-order valence-electron chi connectivity index (χ2n) is 3.45. The Kier molecular flexibility index (Phi) is 1.97. The van der Waals surface area contributed by atoms with Gasteiger partial charge in [-0.15, -0.1) is 0 Å². The summed E-state index contributed by atoms with van der Waals surface area (Å²) in [4.78, 5) is 8.64. The first-order valence-electron chi connectivity index (χ1n) is 4.94. The van der Waals surface area contributed by atoms with Gasteiger partial charge in [-0.2, -0.15) is 0 Å². The molecule has 3 aromatic heterocycles. The summed E-state index contributed by atoms with van der Waals surface area (Å²) in [6.45, 7) is 0.428. The van der Waals surface area contributed by atoms with Crippen LogP contribution in [0, 0.1) is 0 Å². The zero-order valence-electron chi connectivity index (χ0n) is 8.50. The van der Waals surface area contributed by atoms with E-state index < -0.39 is 0 Å². The van der Waals surface area contributed by atoms with Crippen LogP contribution in [0.25, 0.3) is 17.1 Å². The maximum Gasteiger partial charge on any atom is 0.152 e. The molecule has 2 N–H and O–H groups in total. The minimum Gasteiger partial charge on any atom is -0.463 e. The van der Waals surface area contributed by atoms with E-state index in [0.29, 0.717) is 6.54 Å². The molecular weight excluding hydrogens is 204 g/mol. The number of rotatable bonds is 2. The average molecular weight is 214 g/mol. The van der Waals surface area contributed by atoms with Gasteiger partial charge in [-0.05, 0) is 12.1 Å². The van der Waals surface area contributed by atoms with Crippen molar-refractivity contribution in [2.45, 2.75) is 6.54 Å². The molecule has 3 rings (SSSR count). The van der Waals surface area contributed by atoms with Crippen LogP contribution in [0.2, 0.25) is 0 Å². The van der Waals surface area contributed by atoms with Crippen LogP contribution in [0.1, 0.15) is 5.69 Å². The second-order valence-corrected chi connectivity index (χ2v) is 3.45. The van der Waals surface area contributed by atoms with E-state index in [1.807, 2.05) is 28.8 Å². The minimum absolute atomic E-state index is 0.428. The highest BCUT2D eigenvalue weighted by molar-refractivity contribution is 5.58. The van der Waals surface area contributed by atoms with Crippen molar-refractivity contribution in [2.24, 2.45) is 5.73 Å². The van der Waals surface area contributed by atoms with Crippen LogP contribution in [0.15, 0.2) is 41.4 Å². The first-order valence-corrected chi connectivity index (χ1v) is 4.94. The van der Waals surface area contributed by atoms with Crippen LogP contribution in [0.4, 0.5) is 0 Å². The molecule has 0 saturated carbocycles. The van der Waals surface area contributed by atoms with Gasteiger partial charge in [0.2, 0.25) is 0 Å². The Labute approximate surface area is 91.5 Å². The fourth-order valence-electron chi connectivity index (χ4n) is 1.60. The fraction of sp³-hybridized carbons (Fsp3) is 0.0909. The molecule has 0 atom stereocenters. The quantitative estimate of drug-likeness (QED) is 0.701. The number of hydrogen-bond donors (Lipinski definition) is 1. The number of nitrogens with two attached hydrogens (primary N) is 1. The Hall–Kier alpha value is -2.14. The molecule has 0 aliphatic carbocycles. The highest BCUT2D eigenvalue weighted by atomic mass is 16.3. The van der Waals surface area contributed by atoms with E-state index in [1.54, 1.807) is 12.6 Å². The van der Waals surface area contributed by atoms with Gasteiger partial charge in [-0.25, -0.2) is 9.97 Å². The molecule has 0 amide bonds. The molecule has 0 saturated heterocycles. The van der Waals surface area contributed by atoms with Crippen LogP contribution in [-0.2, 0) is 6.54 Å². The van der Waals surface area contributed by atoms with Gasteiger partial charge in [0.05, 0.1) is 12.0 Å². The van der Waals surface area contributed by atoms with Gasteiger partial charge >= 0.3 is 0 Å². The molecule has 0 spiro atoms. The number of hydrogen-bond acceptors (Lipinski definition) is 4. The Morgan fingerprint density at radius 3 is 3.12 bits per heavy atom. The lowest BCUT2D eigenvalue weighted by molar-refractivity contribution is 0.580. The molecule has 3 heterocycles. The van der Waals surface area contributed by atoms with Crippen molar-refractivity contribution in [3.8, 4) is 11.5 Å². The Bertz CT molecular complexity index is 612. The lowest BCUT2D eigenvalue weighted by Gasteiger charge is -1.96. The van der Waals surface area contributed by atoms with Gasteiger partial charge in [0.25, 0.3) is 0 Å². The monoisotopic (exact) mass is 214 g/mol. The zero-order chi connectivity index (χ0) is 11.0. The summed E-state index contributed by atoms with van der Waals surface area (Å²) < 4.78 is 7.12. The van der Waals surface area contributed by atoms with Gasteiger partial charge < -0.3 is 10.2 Å². The topological polar surface area (TPSA) is 69.3 Å². The third-order valence-corrected chi connectivity index (χ3v) is 2.38. The van der Waals surface area contributed by atoms with E-state index in [2.05, 4.69) is 9.97 Å². The maximum absolute atomic E-state index is 5.53. The van der Waals surface area contributed by atoms with Crippen LogP contribution in [-0.4, -0.2) is 14.4 Å². The smallest absolute Gasteiger partial charge is 0.152 e. The van der Waals surface area contributed by atoms with Crippen molar-refractivity contribution in [3.63, 3.8) is 0 Å². The standard InChI is InChI=1S/C11H10N4O/c12-5-8-6-15-7-13-9(4-11(15)14-8)10-2-1-3-16-10/h1-4,6-7H,5,12H2. The van der Waals surface area contributed by atoms with Crippen molar-refractivity contribution in [1.29, 1.82) is 0 Å². The lowest BCUT2D eigenvalue weighted by Crippen LogP contribution is -1.95. The predicted molar refractivity (Wildman–Crippen MR) is 58.6 cm³/mol. The zero-order valence-corrected chi connectivity index (χ0v) is 8.50. The maximum atomic E-state index is 5.53. The van der Waals surface area contributed by atoms with Gasteiger partial charge in [-0.1, -0.05) is 0 Å². The molecule has 5 nitrogen and oxygen atoms in total. The van der Waals surface area contributed by atoms with Crippen LogP contribution < -0.4 is 5.73 Å². The summed E-state index contributed by atoms with van der Waals surface area (Å²) in [5.74, 6) is 0.736. The first kappa shape index (κ1) is 9.11. The highest BCUT2D eigenvalue weighted by Crippen LogP contribution is 2.18. The van der Waals surface area contributed by atoms with Crippen molar-refractivity contribution >= 4 is 5.65 Å². The second kappa shape index (κ2) is 3.46. The molecule has 0 fully saturated rings. The summed E-state index contributed by atoms with van der Waals surface area (Å²) in [5.41, 5.74) is 7.97. The number of furan rings is 1. The molecule has 0 aliphatic heterocycles. The predicted octanol–water partition coefficient (Wildman–Crippen LogP) is 1.45. The van der Waals surface area contributed by atoms with Crippen molar-refractivity contribution in [3.05, 3.63) is 42.7 Å². The Balaban J connectivity index is 2.15. The summed E-state index contributed by atoms with van der Waals surface area (Å²) >= 11 is 0. The molecule has 0 aliphatic rings. The molecule has 80 valence electrons. The fourth-order valence-corrected chi connectivity index (χ4v) is 1.60. The van der Waals surface area contributed by atoms with E-state index in [0.717, 1.165) is 22.8 Å². The van der Waals surface area contributed by atoms with E-state index in [-0.39, 0.29) is 0 Å². The molecule has 0 unspecified atom stereocenters. The first-order chi connectivity index (χ1) is 7.86. The third-order valence-electron chi connectivity index (χ3n) is 2.38. The number of nitrogens with zero attached hydrogens (tertiary/aromatic N) is 3. The van der Waals surface area contributed by atoms with Crippen LogP contribution in [0.3, 0.4) is 0 Å². The third kappa shape index (κ3) is 1.38. The molecule has 3 aromatic rings. The lowest BCUT2D eigenvalue weighted by atomic mass is 10.3. The van der Waals surface area contributed by atoms with E-state index >= 15 is 0 Å².